The molecule has 3 aliphatic heterocycles. The molecule has 0 N–H and O–H groups in total. The Balaban J connectivity index is 1.56. The van der Waals surface area contributed by atoms with Crippen molar-refractivity contribution in [2.75, 3.05) is 36.0 Å². The highest BCUT2D eigenvalue weighted by molar-refractivity contribution is 5.90. The Morgan fingerprint density at radius 3 is 3.22 bits per heavy atom. The van der Waals surface area contributed by atoms with Crippen LogP contribution in [0.25, 0.3) is 10.4 Å². The molecule has 8 nitrogen and oxygen atoms in total. The van der Waals surface area contributed by atoms with E-state index in [9.17, 15) is 4.79 Å². The van der Waals surface area contributed by atoms with E-state index in [4.69, 9.17) is 15.0 Å². The third kappa shape index (κ3) is 2.41. The van der Waals surface area contributed by atoms with Crippen LogP contribution in [0.4, 0.5) is 16.2 Å². The molecule has 1 aromatic rings. The van der Waals surface area contributed by atoms with Crippen molar-refractivity contribution >= 4 is 17.5 Å². The van der Waals surface area contributed by atoms with E-state index in [0.29, 0.717) is 19.2 Å². The fourth-order valence-corrected chi connectivity index (χ4v) is 3.49. The molecule has 2 saturated heterocycles. The largest absolute Gasteiger partial charge is 0.489 e. The maximum Gasteiger partial charge on any atom is 0.414 e. The molecule has 2 atom stereocenters. The number of hydrogen-bond donors (Lipinski definition) is 0. The summed E-state index contributed by atoms with van der Waals surface area (Å²) in [6.45, 7) is 2.28. The van der Waals surface area contributed by atoms with Gasteiger partial charge in [-0.15, -0.1) is 0 Å². The van der Waals surface area contributed by atoms with Gasteiger partial charge in [-0.05, 0) is 30.5 Å². The Hall–Kier alpha value is -2.60. The van der Waals surface area contributed by atoms with Gasteiger partial charge in [0.15, 0.2) is 0 Å². The molecule has 0 aliphatic carbocycles. The number of azide groups is 1. The Labute approximate surface area is 133 Å². The van der Waals surface area contributed by atoms with E-state index in [-0.39, 0.29) is 6.54 Å². The van der Waals surface area contributed by atoms with Crippen LogP contribution in [0.3, 0.4) is 0 Å². The summed E-state index contributed by atoms with van der Waals surface area (Å²) in [5.74, 6) is 0.812. The Morgan fingerprint density at radius 1 is 1.43 bits per heavy atom. The quantitative estimate of drug-likeness (QED) is 0.487. The highest BCUT2D eigenvalue weighted by Crippen LogP contribution is 2.40. The lowest BCUT2D eigenvalue weighted by Gasteiger charge is -2.34. The first-order valence-electron chi connectivity index (χ1n) is 7.79. The first kappa shape index (κ1) is 14.0. The van der Waals surface area contributed by atoms with Gasteiger partial charge in [0.1, 0.15) is 18.5 Å². The SMILES string of the molecule is [N-]=[N+]=NC[C@H]1CN(c2ccc3c(c2)OC[C@@H]2CCCN32)C(=O)O1. The highest BCUT2D eigenvalue weighted by Gasteiger charge is 2.35. The summed E-state index contributed by atoms with van der Waals surface area (Å²) in [6.07, 6.45) is 1.53. The molecule has 2 fully saturated rings. The lowest BCUT2D eigenvalue weighted by molar-refractivity contribution is 0.145. The zero-order chi connectivity index (χ0) is 15.8. The minimum absolute atomic E-state index is 0.148. The average Bonchev–Trinajstić information content (AvgIpc) is 3.18. The molecule has 1 aromatic carbocycles. The van der Waals surface area contributed by atoms with Gasteiger partial charge >= 0.3 is 6.09 Å². The molecule has 0 unspecified atom stereocenters. The maximum atomic E-state index is 12.0. The number of rotatable bonds is 3. The van der Waals surface area contributed by atoms with Crippen molar-refractivity contribution in [1.82, 2.24) is 0 Å². The van der Waals surface area contributed by atoms with Crippen molar-refractivity contribution in [3.8, 4) is 5.75 Å². The van der Waals surface area contributed by atoms with Crippen molar-refractivity contribution in [2.24, 2.45) is 5.11 Å². The van der Waals surface area contributed by atoms with Gasteiger partial charge in [-0.2, -0.15) is 0 Å². The maximum absolute atomic E-state index is 12.0. The summed E-state index contributed by atoms with van der Waals surface area (Å²) in [5, 5.41) is 3.47. The number of carbonyl (C=O) groups is 1. The van der Waals surface area contributed by atoms with E-state index in [0.717, 1.165) is 23.7 Å². The molecular formula is C15H17N5O3. The van der Waals surface area contributed by atoms with Crippen LogP contribution in [0.2, 0.25) is 0 Å². The summed E-state index contributed by atoms with van der Waals surface area (Å²) in [6, 6.07) is 6.29. The number of cyclic esters (lactones) is 1. The second kappa shape index (κ2) is 5.55. The molecule has 0 bridgehead atoms. The smallest absolute Gasteiger partial charge is 0.414 e. The van der Waals surface area contributed by atoms with Crippen LogP contribution in [0.5, 0.6) is 5.75 Å². The molecule has 23 heavy (non-hydrogen) atoms. The zero-order valence-corrected chi connectivity index (χ0v) is 12.6. The van der Waals surface area contributed by atoms with E-state index < -0.39 is 12.2 Å². The number of fused-ring (bicyclic) bond motifs is 3. The molecular weight excluding hydrogens is 298 g/mol. The molecule has 0 spiro atoms. The molecule has 120 valence electrons. The molecule has 3 aliphatic rings. The summed E-state index contributed by atoms with van der Waals surface area (Å²) in [5.41, 5.74) is 10.2. The Kier molecular flexibility index (Phi) is 3.38. The minimum atomic E-state index is -0.419. The minimum Gasteiger partial charge on any atom is -0.489 e. The number of carbonyl (C=O) groups excluding carboxylic acids is 1. The fourth-order valence-electron chi connectivity index (χ4n) is 3.49. The van der Waals surface area contributed by atoms with E-state index in [2.05, 4.69) is 14.9 Å². The Bertz CT molecular complexity index is 688. The monoisotopic (exact) mass is 315 g/mol. The van der Waals surface area contributed by atoms with Gasteiger partial charge in [-0.25, -0.2) is 4.79 Å². The molecule has 4 rings (SSSR count). The fraction of sp³-hybridized carbons (Fsp3) is 0.533. The van der Waals surface area contributed by atoms with Gasteiger partial charge in [0, 0.05) is 17.5 Å². The van der Waals surface area contributed by atoms with E-state index >= 15 is 0 Å². The van der Waals surface area contributed by atoms with Crippen molar-refractivity contribution in [2.45, 2.75) is 25.0 Å². The van der Waals surface area contributed by atoms with E-state index in [1.165, 1.54) is 12.8 Å². The number of nitrogens with zero attached hydrogens (tertiary/aromatic N) is 5. The predicted molar refractivity (Wildman–Crippen MR) is 83.9 cm³/mol. The second-order valence-corrected chi connectivity index (χ2v) is 5.98. The second-order valence-electron chi connectivity index (χ2n) is 5.98. The standard InChI is InChI=1S/C15H17N5O3/c16-18-17-7-12-8-20(15(21)23-12)10-3-4-13-14(6-10)22-9-11-2-1-5-19(11)13/h3-4,6,11-12H,1-2,5,7-9H2/t11-,12-/m0/s1. The van der Waals surface area contributed by atoms with Crippen LogP contribution in [0, 0.1) is 0 Å². The van der Waals surface area contributed by atoms with Crippen LogP contribution in [-0.2, 0) is 4.74 Å². The number of anilines is 2. The molecule has 1 amide bonds. The van der Waals surface area contributed by atoms with Crippen LogP contribution in [-0.4, -0.2) is 44.5 Å². The number of benzene rings is 1. The molecule has 3 heterocycles. The van der Waals surface area contributed by atoms with Crippen LogP contribution >= 0.6 is 0 Å². The summed E-state index contributed by atoms with van der Waals surface area (Å²) in [7, 11) is 0. The van der Waals surface area contributed by atoms with E-state index in [1.807, 2.05) is 18.2 Å². The van der Waals surface area contributed by atoms with E-state index in [1.54, 1.807) is 4.90 Å². The number of hydrogen-bond acceptors (Lipinski definition) is 5. The summed E-state index contributed by atoms with van der Waals surface area (Å²) < 4.78 is 11.1. The average molecular weight is 315 g/mol. The van der Waals surface area contributed by atoms with Gasteiger partial charge < -0.3 is 14.4 Å². The van der Waals surface area contributed by atoms with Gasteiger partial charge in [0.2, 0.25) is 0 Å². The summed E-state index contributed by atoms with van der Waals surface area (Å²) in [4.78, 5) is 18.7. The van der Waals surface area contributed by atoms with Crippen LogP contribution < -0.4 is 14.5 Å². The van der Waals surface area contributed by atoms with Gasteiger partial charge in [0.05, 0.1) is 30.5 Å². The van der Waals surface area contributed by atoms with Gasteiger partial charge in [0.25, 0.3) is 0 Å². The summed E-state index contributed by atoms with van der Waals surface area (Å²) >= 11 is 0. The van der Waals surface area contributed by atoms with Gasteiger partial charge in [-0.3, -0.25) is 4.90 Å². The lowest BCUT2D eigenvalue weighted by atomic mass is 10.1. The highest BCUT2D eigenvalue weighted by atomic mass is 16.6. The van der Waals surface area contributed by atoms with Crippen molar-refractivity contribution in [1.29, 1.82) is 0 Å². The molecule has 0 radical (unpaired) electrons. The van der Waals surface area contributed by atoms with Crippen molar-refractivity contribution in [3.63, 3.8) is 0 Å². The molecule has 0 aromatic heterocycles. The number of ether oxygens (including phenoxy) is 2. The first-order chi connectivity index (χ1) is 11.3. The van der Waals surface area contributed by atoms with Crippen molar-refractivity contribution < 1.29 is 14.3 Å². The topological polar surface area (TPSA) is 90.8 Å². The predicted octanol–water partition coefficient (Wildman–Crippen LogP) is 2.68. The zero-order valence-electron chi connectivity index (χ0n) is 12.6. The third-order valence-electron chi connectivity index (χ3n) is 4.60. The van der Waals surface area contributed by atoms with Crippen LogP contribution in [0.1, 0.15) is 12.8 Å². The Morgan fingerprint density at radius 2 is 2.35 bits per heavy atom. The number of amides is 1. The molecule has 8 heteroatoms. The van der Waals surface area contributed by atoms with Crippen LogP contribution in [0.15, 0.2) is 23.3 Å². The lowest BCUT2D eigenvalue weighted by Crippen LogP contribution is -2.38. The van der Waals surface area contributed by atoms with Crippen molar-refractivity contribution in [3.05, 3.63) is 28.6 Å². The first-order valence-corrected chi connectivity index (χ1v) is 7.79. The van der Waals surface area contributed by atoms with Gasteiger partial charge in [-0.1, -0.05) is 5.11 Å². The normalized spacial score (nSPS) is 25.3. The third-order valence-corrected chi connectivity index (χ3v) is 4.60. The molecule has 0 saturated carbocycles.